The van der Waals surface area contributed by atoms with Crippen molar-refractivity contribution in [3.63, 3.8) is 0 Å². The fourth-order valence-corrected chi connectivity index (χ4v) is 11.0. The number of Topliss-reactive ketones (excluding diaryl/α,β-unsaturated/α-hetero) is 2. The van der Waals surface area contributed by atoms with Crippen LogP contribution in [0.5, 0.6) is 0 Å². The Morgan fingerprint density at radius 3 is 2.32 bits per heavy atom. The maximum Gasteiger partial charge on any atom is 0.138 e. The Morgan fingerprint density at radius 1 is 0.935 bits per heavy atom. The number of ketones is 2. The number of carbonyl (C=O) groups excluding carboxylic acids is 2. The van der Waals surface area contributed by atoms with Crippen LogP contribution >= 0.6 is 0 Å². The molecule has 8 unspecified atom stereocenters. The second-order valence-corrected chi connectivity index (χ2v) is 13.9. The lowest BCUT2D eigenvalue weighted by molar-refractivity contribution is -0.157. The molecule has 2 nitrogen and oxygen atoms in total. The summed E-state index contributed by atoms with van der Waals surface area (Å²) in [6.07, 6.45) is 14.8. The van der Waals surface area contributed by atoms with Gasteiger partial charge < -0.3 is 4.79 Å². The molecule has 0 N–H and O–H groups in total. The molecule has 5 rings (SSSR count). The standard InChI is InChI=1S/C29H46O2/c1-19(8-7-9-20(2)30)21-12-14-27(6)23-11-10-22-25(3,4)24(31)13-15-28(22)18-29(23,28)17-16-26(21,27)5/h19,21-23H,7-18H2,1-6H3. The minimum absolute atomic E-state index is 0.0994. The van der Waals surface area contributed by atoms with Crippen LogP contribution in [-0.4, -0.2) is 11.6 Å². The number of hydrogen-bond acceptors (Lipinski definition) is 2. The van der Waals surface area contributed by atoms with Gasteiger partial charge in [0.1, 0.15) is 11.6 Å². The van der Waals surface area contributed by atoms with Crippen LogP contribution in [-0.2, 0) is 9.59 Å². The summed E-state index contributed by atoms with van der Waals surface area (Å²) in [6, 6.07) is 0. The Balaban J connectivity index is 1.40. The third-order valence-corrected chi connectivity index (χ3v) is 12.8. The fraction of sp³-hybridized carbons (Fsp3) is 0.931. The van der Waals surface area contributed by atoms with Crippen molar-refractivity contribution in [2.75, 3.05) is 0 Å². The molecule has 174 valence electrons. The first-order valence-corrected chi connectivity index (χ1v) is 13.5. The van der Waals surface area contributed by atoms with E-state index >= 15 is 0 Å². The van der Waals surface area contributed by atoms with Gasteiger partial charge in [-0.15, -0.1) is 0 Å². The Labute approximate surface area is 190 Å². The van der Waals surface area contributed by atoms with E-state index in [0.717, 1.165) is 37.0 Å². The van der Waals surface area contributed by atoms with Gasteiger partial charge in [-0.05, 0) is 110 Å². The van der Waals surface area contributed by atoms with Crippen molar-refractivity contribution in [2.45, 2.75) is 119 Å². The Morgan fingerprint density at radius 2 is 1.61 bits per heavy atom. The van der Waals surface area contributed by atoms with Gasteiger partial charge in [-0.1, -0.05) is 41.0 Å². The van der Waals surface area contributed by atoms with Gasteiger partial charge in [-0.2, -0.15) is 0 Å². The molecule has 0 radical (unpaired) electrons. The monoisotopic (exact) mass is 426 g/mol. The molecule has 2 spiro atoms. The summed E-state index contributed by atoms with van der Waals surface area (Å²) in [4.78, 5) is 24.3. The normalized spacial score (nSPS) is 50.6. The van der Waals surface area contributed by atoms with Crippen LogP contribution in [0.25, 0.3) is 0 Å². The zero-order valence-corrected chi connectivity index (χ0v) is 21.1. The van der Waals surface area contributed by atoms with E-state index in [4.69, 9.17) is 0 Å². The zero-order valence-electron chi connectivity index (χ0n) is 21.1. The lowest BCUT2D eigenvalue weighted by Crippen LogP contribution is -2.57. The van der Waals surface area contributed by atoms with E-state index in [1.807, 2.05) is 0 Å². The highest BCUT2D eigenvalue weighted by Gasteiger charge is 2.82. The van der Waals surface area contributed by atoms with Crippen LogP contribution in [0.15, 0.2) is 0 Å². The van der Waals surface area contributed by atoms with Gasteiger partial charge in [0.2, 0.25) is 0 Å². The molecule has 31 heavy (non-hydrogen) atoms. The zero-order chi connectivity index (χ0) is 22.4. The quantitative estimate of drug-likeness (QED) is 0.459. The van der Waals surface area contributed by atoms with E-state index in [1.54, 1.807) is 6.92 Å². The summed E-state index contributed by atoms with van der Waals surface area (Å²) >= 11 is 0. The molecule has 0 aromatic carbocycles. The van der Waals surface area contributed by atoms with Crippen molar-refractivity contribution in [1.82, 2.24) is 0 Å². The van der Waals surface area contributed by atoms with Gasteiger partial charge in [0.05, 0.1) is 0 Å². The van der Waals surface area contributed by atoms with Gasteiger partial charge >= 0.3 is 0 Å². The lowest BCUT2D eigenvalue weighted by atomic mass is 9.42. The molecule has 5 aliphatic carbocycles. The van der Waals surface area contributed by atoms with Gasteiger partial charge in [0, 0.05) is 18.3 Å². The second kappa shape index (κ2) is 6.69. The topological polar surface area (TPSA) is 34.1 Å². The third kappa shape index (κ3) is 2.63. The van der Waals surface area contributed by atoms with E-state index in [2.05, 4.69) is 34.6 Å². The van der Waals surface area contributed by atoms with E-state index < -0.39 is 0 Å². The smallest absolute Gasteiger partial charge is 0.138 e. The Hall–Kier alpha value is -0.660. The molecular formula is C29H46O2. The third-order valence-electron chi connectivity index (χ3n) is 12.8. The van der Waals surface area contributed by atoms with Crippen molar-refractivity contribution in [3.8, 4) is 0 Å². The first-order valence-electron chi connectivity index (χ1n) is 13.5. The fourth-order valence-electron chi connectivity index (χ4n) is 11.0. The molecule has 8 atom stereocenters. The van der Waals surface area contributed by atoms with Crippen LogP contribution in [0, 0.1) is 50.7 Å². The van der Waals surface area contributed by atoms with Crippen molar-refractivity contribution in [1.29, 1.82) is 0 Å². The maximum absolute atomic E-state index is 12.8. The molecule has 0 aromatic heterocycles. The van der Waals surface area contributed by atoms with Gasteiger partial charge in [-0.25, -0.2) is 0 Å². The molecule has 0 saturated heterocycles. The molecular weight excluding hydrogens is 380 g/mol. The van der Waals surface area contributed by atoms with Crippen molar-refractivity contribution >= 4 is 11.6 Å². The van der Waals surface area contributed by atoms with Crippen LogP contribution in [0.1, 0.15) is 119 Å². The molecule has 5 fully saturated rings. The molecule has 5 aliphatic rings. The van der Waals surface area contributed by atoms with E-state index in [0.29, 0.717) is 39.1 Å². The predicted octanol–water partition coefficient (Wildman–Crippen LogP) is 7.39. The van der Waals surface area contributed by atoms with E-state index in [9.17, 15) is 9.59 Å². The van der Waals surface area contributed by atoms with Crippen LogP contribution in [0.2, 0.25) is 0 Å². The molecule has 0 amide bonds. The SMILES string of the molecule is CC(=O)CCCC(C)C1CCC2(C)C3CCC4C(C)(C)C(=O)CCC45CC35CCC12C. The van der Waals surface area contributed by atoms with Crippen molar-refractivity contribution in [3.05, 3.63) is 0 Å². The molecule has 5 saturated carbocycles. The first kappa shape index (κ1) is 22.1. The number of carbonyl (C=O) groups is 2. The Kier molecular flexibility index (Phi) is 4.78. The lowest BCUT2D eigenvalue weighted by Gasteiger charge is -2.62. The average molecular weight is 427 g/mol. The highest BCUT2D eigenvalue weighted by Crippen LogP contribution is 2.88. The van der Waals surface area contributed by atoms with E-state index in [-0.39, 0.29) is 5.41 Å². The van der Waals surface area contributed by atoms with Crippen LogP contribution in [0.4, 0.5) is 0 Å². The molecule has 0 aliphatic heterocycles. The summed E-state index contributed by atoms with van der Waals surface area (Å²) < 4.78 is 0. The molecule has 0 aromatic rings. The molecule has 2 heteroatoms. The van der Waals surface area contributed by atoms with Gasteiger partial charge in [0.25, 0.3) is 0 Å². The molecule has 0 bridgehead atoms. The summed E-state index contributed by atoms with van der Waals surface area (Å²) in [5.41, 5.74) is 1.86. The van der Waals surface area contributed by atoms with Crippen molar-refractivity contribution < 1.29 is 9.59 Å². The minimum atomic E-state index is -0.0994. The maximum atomic E-state index is 12.8. The van der Waals surface area contributed by atoms with Gasteiger partial charge in [0.15, 0.2) is 0 Å². The Bertz CT molecular complexity index is 797. The number of rotatable bonds is 5. The summed E-state index contributed by atoms with van der Waals surface area (Å²) in [6.45, 7) is 14.1. The van der Waals surface area contributed by atoms with Crippen LogP contribution in [0.3, 0.4) is 0 Å². The average Bonchev–Trinajstić information content (AvgIpc) is 3.27. The van der Waals surface area contributed by atoms with Crippen LogP contribution < -0.4 is 0 Å². The second-order valence-electron chi connectivity index (χ2n) is 13.9. The highest BCUT2D eigenvalue weighted by molar-refractivity contribution is 5.86. The minimum Gasteiger partial charge on any atom is -0.300 e. The highest BCUT2D eigenvalue weighted by atomic mass is 16.1. The molecule has 0 heterocycles. The first-order chi connectivity index (χ1) is 14.4. The summed E-state index contributed by atoms with van der Waals surface area (Å²) in [5, 5.41) is 0. The van der Waals surface area contributed by atoms with Crippen molar-refractivity contribution in [2.24, 2.45) is 50.7 Å². The van der Waals surface area contributed by atoms with E-state index in [1.165, 1.54) is 57.8 Å². The number of hydrogen-bond donors (Lipinski definition) is 0. The summed E-state index contributed by atoms with van der Waals surface area (Å²) in [7, 11) is 0. The van der Waals surface area contributed by atoms with Gasteiger partial charge in [-0.3, -0.25) is 4.79 Å². The largest absolute Gasteiger partial charge is 0.300 e. The predicted molar refractivity (Wildman–Crippen MR) is 126 cm³/mol. The summed E-state index contributed by atoms with van der Waals surface area (Å²) in [5.74, 6) is 3.94. The number of fused-ring (bicyclic) bond motifs is 2.